The number of carbonyl (C=O) groups is 1. The predicted molar refractivity (Wildman–Crippen MR) is 81.2 cm³/mol. The van der Waals surface area contributed by atoms with Crippen LogP contribution in [0.5, 0.6) is 0 Å². The number of nitrogens with one attached hydrogen (secondary N) is 1. The number of hydrogen-bond acceptors (Lipinski definition) is 5. The zero-order valence-corrected chi connectivity index (χ0v) is 13.2. The molecule has 2 rings (SSSR count). The molecule has 1 N–H and O–H groups in total. The van der Waals surface area contributed by atoms with Gasteiger partial charge in [0.05, 0.1) is 13.7 Å². The number of carbonyl (C=O) groups excluding carboxylic acids is 1. The molecule has 1 aliphatic carbocycles. The highest BCUT2D eigenvalue weighted by Crippen LogP contribution is 2.27. The molecule has 4 nitrogen and oxygen atoms in total. The Morgan fingerprint density at radius 1 is 1.45 bits per heavy atom. The van der Waals surface area contributed by atoms with E-state index in [1.54, 1.807) is 13.0 Å². The van der Waals surface area contributed by atoms with Gasteiger partial charge in [-0.3, -0.25) is 0 Å². The summed E-state index contributed by atoms with van der Waals surface area (Å²) in [7, 11) is 1.39. The first-order chi connectivity index (χ1) is 9.63. The molecule has 5 heteroatoms. The van der Waals surface area contributed by atoms with Crippen LogP contribution in [0.1, 0.15) is 47.6 Å². The molecule has 1 saturated carbocycles. The van der Waals surface area contributed by atoms with Crippen molar-refractivity contribution in [3.63, 3.8) is 0 Å². The fourth-order valence-corrected chi connectivity index (χ4v) is 3.43. The van der Waals surface area contributed by atoms with E-state index < -0.39 is 0 Å². The van der Waals surface area contributed by atoms with Gasteiger partial charge in [-0.1, -0.05) is 0 Å². The summed E-state index contributed by atoms with van der Waals surface area (Å²) in [6.07, 6.45) is 7.19. The normalized spacial score (nSPS) is 22.8. The number of rotatable bonds is 5. The van der Waals surface area contributed by atoms with Crippen molar-refractivity contribution in [2.75, 3.05) is 13.4 Å². The number of hydrogen-bond donors (Lipinski definition) is 1. The fraction of sp³-hybridized carbons (Fsp3) is 0.667. The van der Waals surface area contributed by atoms with Crippen LogP contribution in [0.15, 0.2) is 10.5 Å². The number of aryl methyl sites for hydroxylation is 1. The van der Waals surface area contributed by atoms with Gasteiger partial charge in [-0.2, -0.15) is 11.8 Å². The van der Waals surface area contributed by atoms with E-state index in [2.05, 4.69) is 11.6 Å². The average molecular weight is 297 g/mol. The van der Waals surface area contributed by atoms with E-state index in [1.807, 2.05) is 11.8 Å². The third-order valence-electron chi connectivity index (χ3n) is 3.95. The minimum atomic E-state index is -0.335. The molecule has 0 saturated heterocycles. The van der Waals surface area contributed by atoms with Crippen molar-refractivity contribution in [1.29, 1.82) is 0 Å². The maximum atomic E-state index is 11.5. The smallest absolute Gasteiger partial charge is 0.341 e. The van der Waals surface area contributed by atoms with Crippen LogP contribution < -0.4 is 5.32 Å². The van der Waals surface area contributed by atoms with E-state index in [9.17, 15) is 4.79 Å². The quantitative estimate of drug-likeness (QED) is 0.846. The first-order valence-electron chi connectivity index (χ1n) is 7.07. The number of ether oxygens (including phenoxy) is 1. The molecule has 0 aromatic carbocycles. The van der Waals surface area contributed by atoms with E-state index in [0.717, 1.165) is 11.0 Å². The number of methoxy groups -OCH3 is 1. The molecule has 1 heterocycles. The van der Waals surface area contributed by atoms with Gasteiger partial charge in [0.15, 0.2) is 0 Å². The van der Waals surface area contributed by atoms with Gasteiger partial charge in [-0.05, 0) is 44.9 Å². The third-order valence-corrected chi connectivity index (χ3v) is 5.08. The Bertz CT molecular complexity index is 450. The zero-order valence-electron chi connectivity index (χ0n) is 12.4. The number of thioether (sulfide) groups is 1. The lowest BCUT2D eigenvalue weighted by molar-refractivity contribution is 0.0599. The molecule has 0 radical (unpaired) electrons. The highest BCUT2D eigenvalue weighted by atomic mass is 32.2. The summed E-state index contributed by atoms with van der Waals surface area (Å²) < 4.78 is 10.3. The molecule has 20 heavy (non-hydrogen) atoms. The summed E-state index contributed by atoms with van der Waals surface area (Å²) in [4.78, 5) is 11.5. The summed E-state index contributed by atoms with van der Waals surface area (Å²) in [6.45, 7) is 2.46. The van der Waals surface area contributed by atoms with Crippen LogP contribution in [0.4, 0.5) is 0 Å². The average Bonchev–Trinajstić information content (AvgIpc) is 2.86. The van der Waals surface area contributed by atoms with Crippen LogP contribution in [-0.4, -0.2) is 30.6 Å². The van der Waals surface area contributed by atoms with Crippen molar-refractivity contribution in [3.8, 4) is 0 Å². The maximum absolute atomic E-state index is 11.5. The molecule has 1 aliphatic rings. The molecule has 0 aliphatic heterocycles. The van der Waals surface area contributed by atoms with Gasteiger partial charge in [0.1, 0.15) is 17.1 Å². The summed E-state index contributed by atoms with van der Waals surface area (Å²) in [5, 5.41) is 4.35. The van der Waals surface area contributed by atoms with Gasteiger partial charge >= 0.3 is 5.97 Å². The summed E-state index contributed by atoms with van der Waals surface area (Å²) in [5.74, 6) is 1.09. The van der Waals surface area contributed by atoms with E-state index in [1.165, 1.54) is 32.8 Å². The first kappa shape index (κ1) is 15.4. The third kappa shape index (κ3) is 3.79. The minimum absolute atomic E-state index is 0.335. The molecular weight excluding hydrogens is 274 g/mol. The van der Waals surface area contributed by atoms with Gasteiger partial charge < -0.3 is 14.5 Å². The molecule has 1 aromatic heterocycles. The molecule has 112 valence electrons. The zero-order chi connectivity index (χ0) is 14.5. The van der Waals surface area contributed by atoms with Crippen molar-refractivity contribution >= 4 is 17.7 Å². The molecule has 0 amide bonds. The molecule has 0 unspecified atom stereocenters. The fourth-order valence-electron chi connectivity index (χ4n) is 2.69. The molecule has 0 atom stereocenters. The second kappa shape index (κ2) is 7.18. The molecule has 1 aromatic rings. The van der Waals surface area contributed by atoms with Crippen molar-refractivity contribution in [2.24, 2.45) is 0 Å². The Morgan fingerprint density at radius 2 is 2.15 bits per heavy atom. The van der Waals surface area contributed by atoms with E-state index in [4.69, 9.17) is 9.15 Å². The summed E-state index contributed by atoms with van der Waals surface area (Å²) >= 11 is 1.98. The lowest BCUT2D eigenvalue weighted by Gasteiger charge is -2.27. The van der Waals surface area contributed by atoms with Crippen molar-refractivity contribution in [3.05, 3.63) is 23.2 Å². The Hall–Kier alpha value is -0.940. The highest BCUT2D eigenvalue weighted by Gasteiger charge is 2.21. The lowest BCUT2D eigenvalue weighted by Crippen LogP contribution is -2.33. The first-order valence-corrected chi connectivity index (χ1v) is 8.36. The molecular formula is C15H23NO3S. The van der Waals surface area contributed by atoms with Crippen LogP contribution in [0.25, 0.3) is 0 Å². The van der Waals surface area contributed by atoms with E-state index in [-0.39, 0.29) is 5.97 Å². The lowest BCUT2D eigenvalue weighted by atomic mass is 9.95. The second-order valence-corrected chi connectivity index (χ2v) is 6.40. The van der Waals surface area contributed by atoms with Gasteiger partial charge in [0, 0.05) is 11.3 Å². The Morgan fingerprint density at radius 3 is 2.75 bits per heavy atom. The molecule has 0 bridgehead atoms. The second-order valence-electron chi connectivity index (χ2n) is 5.26. The largest absolute Gasteiger partial charge is 0.465 e. The van der Waals surface area contributed by atoms with Gasteiger partial charge in [0.2, 0.25) is 0 Å². The van der Waals surface area contributed by atoms with Crippen molar-refractivity contribution < 1.29 is 13.9 Å². The topological polar surface area (TPSA) is 51.5 Å². The van der Waals surface area contributed by atoms with Crippen molar-refractivity contribution in [2.45, 2.75) is 50.4 Å². The maximum Gasteiger partial charge on any atom is 0.341 e. The van der Waals surface area contributed by atoms with Crippen LogP contribution in [-0.2, 0) is 11.3 Å². The molecule has 1 fully saturated rings. The van der Waals surface area contributed by atoms with Gasteiger partial charge in [0.25, 0.3) is 0 Å². The Balaban J connectivity index is 1.84. The standard InChI is InChI=1S/C15H23NO3S/c1-10-14(15(17)18-2)8-12(19-10)9-16-11-4-6-13(20-3)7-5-11/h8,11,13,16H,4-7,9H2,1-3H3. The van der Waals surface area contributed by atoms with Crippen LogP contribution in [0.3, 0.4) is 0 Å². The molecule has 0 spiro atoms. The Labute approximate surface area is 124 Å². The highest BCUT2D eigenvalue weighted by molar-refractivity contribution is 7.99. The van der Waals surface area contributed by atoms with Crippen molar-refractivity contribution in [1.82, 2.24) is 5.32 Å². The summed E-state index contributed by atoms with van der Waals surface area (Å²) in [6, 6.07) is 2.34. The Kier molecular flexibility index (Phi) is 5.54. The predicted octanol–water partition coefficient (Wildman–Crippen LogP) is 3.14. The number of esters is 1. The van der Waals surface area contributed by atoms with E-state index >= 15 is 0 Å². The summed E-state index contributed by atoms with van der Waals surface area (Å²) in [5.41, 5.74) is 0.524. The van der Waals surface area contributed by atoms with Crippen LogP contribution >= 0.6 is 11.8 Å². The monoisotopic (exact) mass is 297 g/mol. The minimum Gasteiger partial charge on any atom is -0.465 e. The van der Waals surface area contributed by atoms with Crippen LogP contribution in [0, 0.1) is 6.92 Å². The SMILES string of the molecule is COC(=O)c1cc(CNC2CCC(SC)CC2)oc1C. The van der Waals surface area contributed by atoms with Gasteiger partial charge in [-0.25, -0.2) is 4.79 Å². The van der Waals surface area contributed by atoms with Gasteiger partial charge in [-0.15, -0.1) is 0 Å². The number of furan rings is 1. The van der Waals surface area contributed by atoms with Crippen LogP contribution in [0.2, 0.25) is 0 Å². The van der Waals surface area contributed by atoms with E-state index in [0.29, 0.717) is 23.9 Å².